The van der Waals surface area contributed by atoms with Gasteiger partial charge in [-0.2, -0.15) is 0 Å². The van der Waals surface area contributed by atoms with Crippen molar-refractivity contribution >= 4 is 35.0 Å². The highest BCUT2D eigenvalue weighted by atomic mass is 16.3. The Balaban J connectivity index is 0.667. The van der Waals surface area contributed by atoms with Crippen LogP contribution in [0.5, 0.6) is 5.75 Å². The second kappa shape index (κ2) is 19.5. The zero-order valence-corrected chi connectivity index (χ0v) is 40.8. The summed E-state index contributed by atoms with van der Waals surface area (Å²) in [6.07, 6.45) is 15.2. The summed E-state index contributed by atoms with van der Waals surface area (Å²) in [5.41, 5.74) is 4.99. The number of aromatic nitrogens is 3. The molecule has 2 aliphatic carbocycles. The number of anilines is 3. The number of aliphatic hydroxyl groups excluding tert-OH is 1. The molecule has 6 heterocycles. The van der Waals surface area contributed by atoms with Crippen LogP contribution in [0.1, 0.15) is 101 Å². The molecule has 2 aromatic heterocycles. The number of phenolic OH excluding ortho intramolecular Hbond substituents is 1. The van der Waals surface area contributed by atoms with E-state index in [2.05, 4.69) is 65.1 Å². The number of benzene rings is 2. The van der Waals surface area contributed by atoms with Crippen LogP contribution >= 0.6 is 0 Å². The van der Waals surface area contributed by atoms with Gasteiger partial charge in [-0.1, -0.05) is 57.0 Å². The molecule has 10 rings (SSSR count). The van der Waals surface area contributed by atoms with Crippen LogP contribution in [0.25, 0.3) is 11.3 Å². The van der Waals surface area contributed by atoms with Gasteiger partial charge in [0, 0.05) is 75.0 Å². The van der Waals surface area contributed by atoms with Crippen LogP contribution in [0, 0.1) is 29.1 Å². The Hall–Kier alpha value is -6.24. The number of phenols is 1. The molecule has 2 aromatic carbocycles. The molecule has 0 radical (unpaired) electrons. The first-order valence-electron chi connectivity index (χ1n) is 25.5. The molecule has 368 valence electrons. The third-order valence-electron chi connectivity index (χ3n) is 16.5. The van der Waals surface area contributed by atoms with Gasteiger partial charge in [-0.25, -0.2) is 4.98 Å². The Morgan fingerprint density at radius 1 is 0.914 bits per heavy atom. The summed E-state index contributed by atoms with van der Waals surface area (Å²) in [6, 6.07) is 20.3. The van der Waals surface area contributed by atoms with Crippen LogP contribution in [-0.2, 0) is 20.9 Å². The van der Waals surface area contributed by atoms with Crippen molar-refractivity contribution in [2.45, 2.75) is 121 Å². The van der Waals surface area contributed by atoms with E-state index in [1.807, 2.05) is 69.3 Å². The average molecular weight is 949 g/mol. The van der Waals surface area contributed by atoms with Crippen molar-refractivity contribution in [3.63, 3.8) is 0 Å². The average Bonchev–Trinajstić information content (AvgIpc) is 3.77. The molecular weight excluding hydrogens is 881 g/mol. The number of pyridine rings is 1. The van der Waals surface area contributed by atoms with Gasteiger partial charge in [0.15, 0.2) is 5.82 Å². The highest BCUT2D eigenvalue weighted by Crippen LogP contribution is 2.55. The summed E-state index contributed by atoms with van der Waals surface area (Å²) in [7, 11) is 0. The molecule has 1 spiro atoms. The van der Waals surface area contributed by atoms with Crippen LogP contribution < -0.4 is 25.8 Å². The number of nitrogens with one attached hydrogen (secondary N) is 3. The number of aromatic hydroxyl groups is 1. The molecule has 15 nitrogen and oxygen atoms in total. The smallest absolute Gasteiger partial charge is 0.246 e. The summed E-state index contributed by atoms with van der Waals surface area (Å²) in [4.78, 5) is 55.6. The number of nitrogens with zero attached hydrogens (tertiary/aromatic N) is 7. The fourth-order valence-corrected chi connectivity index (χ4v) is 12.2. The molecule has 4 aromatic rings. The minimum absolute atomic E-state index is 0.0445. The van der Waals surface area contributed by atoms with Crippen molar-refractivity contribution in [1.29, 1.82) is 0 Å². The fourth-order valence-electron chi connectivity index (χ4n) is 12.2. The number of piperidine rings is 1. The molecular formula is C55H68N10O5. The molecule has 2 saturated carbocycles. The van der Waals surface area contributed by atoms with Crippen molar-refractivity contribution in [2.24, 2.45) is 16.7 Å². The number of aliphatic hydroxyl groups is 1. The highest BCUT2D eigenvalue weighted by Gasteiger charge is 2.50. The first kappa shape index (κ1) is 47.4. The number of hydrogen-bond acceptors (Lipinski definition) is 12. The number of para-hydroxylation sites is 1. The highest BCUT2D eigenvalue weighted by molar-refractivity contribution is 5.93. The van der Waals surface area contributed by atoms with E-state index in [0.717, 1.165) is 106 Å². The topological polar surface area (TPSA) is 179 Å². The first-order chi connectivity index (χ1) is 33.7. The van der Waals surface area contributed by atoms with E-state index < -0.39 is 23.6 Å². The van der Waals surface area contributed by atoms with Crippen LogP contribution in [0.3, 0.4) is 0 Å². The Labute approximate surface area is 411 Å². The van der Waals surface area contributed by atoms with Gasteiger partial charge in [0.05, 0.1) is 23.5 Å². The SMILES string of the molecule is C#Cc1ccc(CNC(=O)[C@@H]2C[C@@H](O)CN2C(=O)[C@@H](NC(=O)[C@H]2CCC3(CC2)C[C@H](N2CCC(c4ccc(N5CCN6c7cc(-c8ccccc8O)nnc7NC[C@H]6C5)nc4)CC2)C3)C(C)(C)C)cc1. The predicted molar refractivity (Wildman–Crippen MR) is 270 cm³/mol. The predicted octanol–water partition coefficient (Wildman–Crippen LogP) is 5.67. The lowest BCUT2D eigenvalue weighted by molar-refractivity contribution is -0.145. The molecule has 70 heavy (non-hydrogen) atoms. The number of hydrogen-bond donors (Lipinski definition) is 5. The Bertz CT molecular complexity index is 2590. The molecule has 3 amide bonds. The Kier molecular flexibility index (Phi) is 13.2. The largest absolute Gasteiger partial charge is 0.507 e. The van der Waals surface area contributed by atoms with E-state index in [0.29, 0.717) is 28.6 Å². The number of piperazine rings is 1. The zero-order valence-electron chi connectivity index (χ0n) is 40.8. The standard InChI is InChI=1S/C55H68N10O5/c1-5-35-10-12-36(13-11-35)30-58-52(69)46-26-42(66)34-65(46)53(70)49(54(2,3)4)59-51(68)38-16-20-55(21-17-38)28-40(29-55)62-22-18-37(19-23-62)39-14-15-48(56-31-39)63-24-25-64-41(33-63)32-57-50-45(64)27-44(60-61-50)43-8-6-7-9-47(43)67/h1,6-15,27,31,37-38,40-42,46,49,66-67H,16-26,28-30,32-34H2,2-4H3,(H,57,61)(H,58,69)(H,59,68)/t38-,40-,41-,42+,46-,49+,55?/m0/s1. The summed E-state index contributed by atoms with van der Waals surface area (Å²) < 4.78 is 0. The maximum atomic E-state index is 14.2. The van der Waals surface area contributed by atoms with Crippen LogP contribution in [-0.4, -0.2) is 129 Å². The molecule has 15 heteroatoms. The van der Waals surface area contributed by atoms with Crippen molar-refractivity contribution in [1.82, 2.24) is 35.6 Å². The van der Waals surface area contributed by atoms with E-state index >= 15 is 0 Å². The normalized spacial score (nSPS) is 26.3. The molecule has 5 fully saturated rings. The minimum Gasteiger partial charge on any atom is -0.507 e. The first-order valence-corrected chi connectivity index (χ1v) is 25.5. The number of rotatable bonds is 10. The molecule has 5 N–H and O–H groups in total. The number of likely N-dealkylation sites (tertiary alicyclic amines) is 2. The third kappa shape index (κ3) is 9.77. The van der Waals surface area contributed by atoms with Crippen LogP contribution in [0.15, 0.2) is 72.9 Å². The lowest BCUT2D eigenvalue weighted by atomic mass is 9.56. The van der Waals surface area contributed by atoms with Gasteiger partial charge in [-0.15, -0.1) is 16.6 Å². The molecule has 4 atom stereocenters. The number of amides is 3. The maximum absolute atomic E-state index is 14.2. The van der Waals surface area contributed by atoms with Gasteiger partial charge in [0.1, 0.15) is 23.7 Å². The molecule has 6 aliphatic rings. The Morgan fingerprint density at radius 2 is 1.67 bits per heavy atom. The summed E-state index contributed by atoms with van der Waals surface area (Å²) in [5, 5.41) is 39.5. The van der Waals surface area contributed by atoms with E-state index in [1.54, 1.807) is 6.07 Å². The van der Waals surface area contributed by atoms with Crippen molar-refractivity contribution < 1.29 is 24.6 Å². The van der Waals surface area contributed by atoms with E-state index in [-0.39, 0.29) is 54.9 Å². The summed E-state index contributed by atoms with van der Waals surface area (Å²) in [6.45, 7) is 11.6. The maximum Gasteiger partial charge on any atom is 0.246 e. The summed E-state index contributed by atoms with van der Waals surface area (Å²) in [5.74, 6) is 4.17. The van der Waals surface area contributed by atoms with Crippen LogP contribution in [0.4, 0.5) is 17.3 Å². The minimum atomic E-state index is -0.836. The Morgan fingerprint density at radius 3 is 2.37 bits per heavy atom. The number of carbonyl (C=O) groups excluding carboxylic acids is 3. The number of terminal acetylenes is 1. The van der Waals surface area contributed by atoms with Crippen molar-refractivity contribution in [2.75, 3.05) is 60.9 Å². The van der Waals surface area contributed by atoms with Gasteiger partial charge >= 0.3 is 0 Å². The van der Waals surface area contributed by atoms with Gasteiger partial charge in [0.2, 0.25) is 17.7 Å². The second-order valence-corrected chi connectivity index (χ2v) is 22.0. The lowest BCUT2D eigenvalue weighted by Gasteiger charge is -2.55. The van der Waals surface area contributed by atoms with Gasteiger partial charge in [-0.3, -0.25) is 14.4 Å². The van der Waals surface area contributed by atoms with Gasteiger partial charge in [-0.05, 0) is 129 Å². The lowest BCUT2D eigenvalue weighted by Crippen LogP contribution is -2.59. The van der Waals surface area contributed by atoms with Crippen molar-refractivity contribution in [3.8, 4) is 29.4 Å². The van der Waals surface area contributed by atoms with E-state index in [9.17, 15) is 24.6 Å². The molecule has 0 unspecified atom stereocenters. The number of β-amino-alcohol motifs (C(OH)–C–C–N with tert-alkyl or cyclic N) is 1. The number of carbonyl (C=O) groups is 3. The third-order valence-corrected chi connectivity index (χ3v) is 16.5. The number of fused-ring (bicyclic) bond motifs is 3. The summed E-state index contributed by atoms with van der Waals surface area (Å²) >= 11 is 0. The fraction of sp³-hybridized carbons (Fsp3) is 0.527. The molecule has 0 bridgehead atoms. The van der Waals surface area contributed by atoms with E-state index in [1.165, 1.54) is 23.3 Å². The monoisotopic (exact) mass is 949 g/mol. The van der Waals surface area contributed by atoms with Crippen LogP contribution in [0.2, 0.25) is 0 Å². The van der Waals surface area contributed by atoms with E-state index in [4.69, 9.17) is 11.4 Å². The molecule has 4 aliphatic heterocycles. The van der Waals surface area contributed by atoms with Gasteiger partial charge in [0.25, 0.3) is 0 Å². The quantitative estimate of drug-likeness (QED) is 0.123. The second-order valence-electron chi connectivity index (χ2n) is 22.0. The zero-order chi connectivity index (χ0) is 48.7. The van der Waals surface area contributed by atoms with Gasteiger partial charge < -0.3 is 45.8 Å². The molecule has 3 saturated heterocycles. The van der Waals surface area contributed by atoms with Crippen molar-refractivity contribution in [3.05, 3.63) is 89.6 Å².